The van der Waals surface area contributed by atoms with Crippen LogP contribution in [-0.2, 0) is 0 Å². The largest absolute Gasteiger partial charge is 0.280 e. The molecule has 0 fully saturated rings. The summed E-state index contributed by atoms with van der Waals surface area (Å²) in [6.45, 7) is 0. The van der Waals surface area contributed by atoms with E-state index in [2.05, 4.69) is 185 Å². The highest BCUT2D eigenvalue weighted by Gasteiger charge is 2.29. The van der Waals surface area contributed by atoms with Crippen LogP contribution in [0.15, 0.2) is 176 Å². The van der Waals surface area contributed by atoms with Gasteiger partial charge in [-0.15, -0.1) is 0 Å². The zero-order valence-electron chi connectivity index (χ0n) is 25.1. The number of hydrogen-bond donors (Lipinski definition) is 0. The van der Waals surface area contributed by atoms with E-state index in [1.54, 1.807) is 0 Å². The fourth-order valence-corrected chi connectivity index (χ4v) is 6.77. The van der Waals surface area contributed by atoms with Crippen molar-refractivity contribution in [2.24, 2.45) is 0 Å². The lowest BCUT2D eigenvalue weighted by atomic mass is 9.95. The second-order valence-electron chi connectivity index (χ2n) is 11.7. The minimum absolute atomic E-state index is 0.868. The minimum atomic E-state index is 0.868. The highest BCUT2D eigenvalue weighted by Crippen LogP contribution is 2.48. The lowest BCUT2D eigenvalue weighted by molar-refractivity contribution is 1.05. The van der Waals surface area contributed by atoms with Crippen LogP contribution in [0.1, 0.15) is 0 Å². The molecule has 3 heteroatoms. The Morgan fingerprint density at radius 3 is 1.61 bits per heavy atom. The maximum absolute atomic E-state index is 5.32. The van der Waals surface area contributed by atoms with E-state index in [1.807, 2.05) is 0 Å². The summed E-state index contributed by atoms with van der Waals surface area (Å²) in [5.74, 6) is 0.868. The molecule has 1 aliphatic heterocycles. The van der Waals surface area contributed by atoms with Crippen LogP contribution in [0.2, 0.25) is 0 Å². The average molecular weight is 588 g/mol. The van der Waals surface area contributed by atoms with E-state index in [0.717, 1.165) is 45.2 Å². The Morgan fingerprint density at radius 2 is 0.870 bits per heavy atom. The number of nitrogens with zero attached hydrogens (tertiary/aromatic N) is 3. The van der Waals surface area contributed by atoms with E-state index in [-0.39, 0.29) is 0 Å². The summed E-state index contributed by atoms with van der Waals surface area (Å²) in [5.41, 5.74) is 14.7. The molecule has 3 nitrogen and oxygen atoms in total. The first-order chi connectivity index (χ1) is 22.8. The SMILES string of the molecule is c1ccc(-c2cccc(-c3cc(-c4ccccc4)cc(N4c5ccccc5-c5ccccc5-n5c4nc4ccccc45)c3)c2)cc1. The molecule has 9 rings (SSSR count). The van der Waals surface area contributed by atoms with Crippen molar-refractivity contribution < 1.29 is 0 Å². The third kappa shape index (κ3) is 4.33. The first-order valence-electron chi connectivity index (χ1n) is 15.6. The standard InChI is InChI=1S/C43H29N3/c1-3-14-30(15-4-1)32-18-13-19-33(26-32)35-27-34(31-16-5-2-6-17-31)28-36(29-35)45-40-23-10-7-20-37(40)38-21-8-11-24-41(38)46-42-25-12-9-22-39(42)44-43(45)46/h1-29H. The van der Waals surface area contributed by atoms with Gasteiger partial charge in [0.25, 0.3) is 0 Å². The number of rotatable bonds is 4. The van der Waals surface area contributed by atoms with Crippen molar-refractivity contribution in [2.45, 2.75) is 0 Å². The minimum Gasteiger partial charge on any atom is -0.280 e. The molecule has 1 aliphatic rings. The Hall–Kier alpha value is -6.19. The molecule has 0 bridgehead atoms. The molecule has 0 unspecified atom stereocenters. The topological polar surface area (TPSA) is 21.1 Å². The highest BCUT2D eigenvalue weighted by molar-refractivity contribution is 5.97. The van der Waals surface area contributed by atoms with Crippen LogP contribution in [0, 0.1) is 0 Å². The summed E-state index contributed by atoms with van der Waals surface area (Å²) in [6.07, 6.45) is 0. The summed E-state index contributed by atoms with van der Waals surface area (Å²) in [4.78, 5) is 7.66. The predicted octanol–water partition coefficient (Wildman–Crippen LogP) is 11.5. The maximum Gasteiger partial charge on any atom is 0.220 e. The Morgan fingerprint density at radius 1 is 0.370 bits per heavy atom. The predicted molar refractivity (Wildman–Crippen MR) is 191 cm³/mol. The number of anilines is 3. The molecule has 0 saturated heterocycles. The Bertz CT molecular complexity index is 2370. The molecule has 0 aliphatic carbocycles. The number of benzene rings is 7. The summed E-state index contributed by atoms with van der Waals surface area (Å²) < 4.78 is 2.32. The van der Waals surface area contributed by atoms with E-state index in [9.17, 15) is 0 Å². The van der Waals surface area contributed by atoms with Crippen LogP contribution in [0.4, 0.5) is 17.3 Å². The summed E-state index contributed by atoms with van der Waals surface area (Å²) in [5, 5.41) is 0. The lowest BCUT2D eigenvalue weighted by Crippen LogP contribution is -2.14. The molecule has 0 amide bonds. The van der Waals surface area contributed by atoms with E-state index in [1.165, 1.54) is 33.4 Å². The van der Waals surface area contributed by atoms with Crippen molar-refractivity contribution in [1.29, 1.82) is 0 Å². The molecule has 0 atom stereocenters. The fraction of sp³-hybridized carbons (Fsp3) is 0. The van der Waals surface area contributed by atoms with Gasteiger partial charge < -0.3 is 0 Å². The maximum atomic E-state index is 5.32. The van der Waals surface area contributed by atoms with Crippen LogP contribution < -0.4 is 4.90 Å². The van der Waals surface area contributed by atoms with Crippen LogP contribution in [0.3, 0.4) is 0 Å². The molecular weight excluding hydrogens is 558 g/mol. The molecule has 0 N–H and O–H groups in total. The smallest absolute Gasteiger partial charge is 0.220 e. The lowest BCUT2D eigenvalue weighted by Gasteiger charge is -2.26. The molecule has 0 saturated carbocycles. The Kier molecular flexibility index (Phi) is 6.14. The van der Waals surface area contributed by atoms with Gasteiger partial charge >= 0.3 is 0 Å². The van der Waals surface area contributed by atoms with Gasteiger partial charge in [-0.1, -0.05) is 127 Å². The van der Waals surface area contributed by atoms with Crippen molar-refractivity contribution in [1.82, 2.24) is 9.55 Å². The van der Waals surface area contributed by atoms with Crippen molar-refractivity contribution in [3.05, 3.63) is 176 Å². The molecular formula is C43H29N3. The molecule has 7 aromatic carbocycles. The zero-order chi connectivity index (χ0) is 30.5. The molecule has 8 aromatic rings. The van der Waals surface area contributed by atoms with Gasteiger partial charge in [-0.2, -0.15) is 0 Å². The van der Waals surface area contributed by atoms with Gasteiger partial charge in [0.05, 0.1) is 28.1 Å². The van der Waals surface area contributed by atoms with Crippen LogP contribution >= 0.6 is 0 Å². The molecule has 0 radical (unpaired) electrons. The second-order valence-corrected chi connectivity index (χ2v) is 11.7. The molecule has 2 heterocycles. The third-order valence-electron chi connectivity index (χ3n) is 8.91. The van der Waals surface area contributed by atoms with Gasteiger partial charge in [0, 0.05) is 11.1 Å². The normalized spacial score (nSPS) is 11.9. The van der Waals surface area contributed by atoms with Crippen molar-refractivity contribution in [3.63, 3.8) is 0 Å². The van der Waals surface area contributed by atoms with Crippen LogP contribution in [0.5, 0.6) is 0 Å². The van der Waals surface area contributed by atoms with Gasteiger partial charge in [-0.3, -0.25) is 9.47 Å². The monoisotopic (exact) mass is 587 g/mol. The summed E-state index contributed by atoms with van der Waals surface area (Å²) in [7, 11) is 0. The first-order valence-corrected chi connectivity index (χ1v) is 15.6. The first kappa shape index (κ1) is 26.2. The van der Waals surface area contributed by atoms with Crippen LogP contribution in [-0.4, -0.2) is 9.55 Å². The molecule has 1 aromatic heterocycles. The van der Waals surface area contributed by atoms with Gasteiger partial charge in [0.2, 0.25) is 5.95 Å². The number of para-hydroxylation sites is 4. The molecule has 0 spiro atoms. The number of hydrogen-bond acceptors (Lipinski definition) is 2. The number of imidazole rings is 1. The van der Waals surface area contributed by atoms with Gasteiger partial charge in [0.15, 0.2) is 0 Å². The van der Waals surface area contributed by atoms with E-state index in [4.69, 9.17) is 4.98 Å². The summed E-state index contributed by atoms with van der Waals surface area (Å²) in [6, 6.07) is 62.8. The fourth-order valence-electron chi connectivity index (χ4n) is 6.77. The molecule has 216 valence electrons. The Balaban J connectivity index is 1.34. The molecule has 46 heavy (non-hydrogen) atoms. The Labute approximate surface area is 268 Å². The highest BCUT2D eigenvalue weighted by atomic mass is 15.3. The van der Waals surface area contributed by atoms with Crippen molar-refractivity contribution in [2.75, 3.05) is 4.90 Å². The van der Waals surface area contributed by atoms with Crippen molar-refractivity contribution >= 4 is 28.4 Å². The summed E-state index contributed by atoms with van der Waals surface area (Å²) >= 11 is 0. The van der Waals surface area contributed by atoms with E-state index < -0.39 is 0 Å². The van der Waals surface area contributed by atoms with Gasteiger partial charge in [0.1, 0.15) is 0 Å². The quantitative estimate of drug-likeness (QED) is 0.204. The number of aromatic nitrogens is 2. The van der Waals surface area contributed by atoms with Crippen molar-refractivity contribution in [3.8, 4) is 50.2 Å². The number of fused-ring (bicyclic) bond motifs is 7. The average Bonchev–Trinajstić information content (AvgIpc) is 3.46. The zero-order valence-corrected chi connectivity index (χ0v) is 25.1. The van der Waals surface area contributed by atoms with Gasteiger partial charge in [-0.05, 0) is 81.9 Å². The second kappa shape index (κ2) is 10.8. The van der Waals surface area contributed by atoms with Gasteiger partial charge in [-0.25, -0.2) is 4.98 Å². The van der Waals surface area contributed by atoms with Crippen LogP contribution in [0.25, 0.3) is 61.2 Å². The van der Waals surface area contributed by atoms with E-state index >= 15 is 0 Å². The third-order valence-corrected chi connectivity index (χ3v) is 8.91. The van der Waals surface area contributed by atoms with E-state index in [0.29, 0.717) is 0 Å².